The van der Waals surface area contributed by atoms with Crippen LogP contribution in [0.1, 0.15) is 22.3 Å². The van der Waals surface area contributed by atoms with Gasteiger partial charge in [-0.2, -0.15) is 5.26 Å². The summed E-state index contributed by atoms with van der Waals surface area (Å²) in [6.45, 7) is 3.49. The van der Waals surface area contributed by atoms with Crippen molar-refractivity contribution in [1.82, 2.24) is 10.6 Å². The van der Waals surface area contributed by atoms with Crippen molar-refractivity contribution in [2.75, 3.05) is 20.7 Å². The SMILES string of the molecule is CN=C(NCCc1cc(C)ccc1OC)NCc1ccc(C#N)cc1.I. The average molecular weight is 464 g/mol. The number of hydrogen-bond acceptors (Lipinski definition) is 3. The zero-order chi connectivity index (χ0) is 18.1. The van der Waals surface area contributed by atoms with E-state index in [9.17, 15) is 0 Å². The second kappa shape index (κ2) is 11.4. The molecule has 0 unspecified atom stereocenters. The van der Waals surface area contributed by atoms with Crippen LogP contribution in [0.2, 0.25) is 0 Å². The number of nitrogens with one attached hydrogen (secondary N) is 2. The van der Waals surface area contributed by atoms with Crippen LogP contribution in [0.4, 0.5) is 0 Å². The molecule has 0 heterocycles. The number of aryl methyl sites for hydroxylation is 1. The molecule has 0 atom stereocenters. The average Bonchev–Trinajstić information content (AvgIpc) is 2.65. The highest BCUT2D eigenvalue weighted by molar-refractivity contribution is 14.0. The Morgan fingerprint density at radius 3 is 2.50 bits per heavy atom. The van der Waals surface area contributed by atoms with Gasteiger partial charge in [0, 0.05) is 20.1 Å². The monoisotopic (exact) mass is 464 g/mol. The number of guanidine groups is 1. The Bertz CT molecular complexity index is 766. The van der Waals surface area contributed by atoms with Crippen molar-refractivity contribution in [2.24, 2.45) is 4.99 Å². The van der Waals surface area contributed by atoms with Gasteiger partial charge in [0.1, 0.15) is 5.75 Å². The van der Waals surface area contributed by atoms with Gasteiger partial charge in [-0.15, -0.1) is 24.0 Å². The minimum Gasteiger partial charge on any atom is -0.496 e. The standard InChI is InChI=1S/C20H24N4O.HI/c1-15-4-9-19(25-3)18(12-15)10-11-23-20(22-2)24-14-17-7-5-16(13-21)6-8-17;/h4-9,12H,10-11,14H2,1-3H3,(H2,22,23,24);1H. The van der Waals surface area contributed by atoms with Crippen LogP contribution in [0.15, 0.2) is 47.5 Å². The number of halogens is 1. The predicted octanol–water partition coefficient (Wildman–Crippen LogP) is 3.40. The van der Waals surface area contributed by atoms with Crippen molar-refractivity contribution in [3.8, 4) is 11.8 Å². The molecule has 0 aliphatic rings. The van der Waals surface area contributed by atoms with Gasteiger partial charge < -0.3 is 15.4 Å². The van der Waals surface area contributed by atoms with E-state index in [0.29, 0.717) is 12.1 Å². The summed E-state index contributed by atoms with van der Waals surface area (Å²) >= 11 is 0. The van der Waals surface area contributed by atoms with E-state index in [4.69, 9.17) is 10.00 Å². The minimum atomic E-state index is 0. The Morgan fingerprint density at radius 1 is 1.15 bits per heavy atom. The maximum Gasteiger partial charge on any atom is 0.191 e. The first-order valence-corrected chi connectivity index (χ1v) is 8.23. The molecule has 2 aromatic carbocycles. The van der Waals surface area contributed by atoms with Gasteiger partial charge in [-0.3, -0.25) is 4.99 Å². The maximum atomic E-state index is 8.83. The molecule has 0 bridgehead atoms. The topological polar surface area (TPSA) is 69.4 Å². The van der Waals surface area contributed by atoms with Crippen molar-refractivity contribution >= 4 is 29.9 Å². The second-order valence-electron chi connectivity index (χ2n) is 5.73. The number of aliphatic imine (C=N–C) groups is 1. The molecule has 0 aromatic heterocycles. The third-order valence-electron chi connectivity index (χ3n) is 3.89. The van der Waals surface area contributed by atoms with Crippen LogP contribution in [0.3, 0.4) is 0 Å². The summed E-state index contributed by atoms with van der Waals surface area (Å²) in [6, 6.07) is 15.8. The van der Waals surface area contributed by atoms with Gasteiger partial charge in [0.2, 0.25) is 0 Å². The van der Waals surface area contributed by atoms with E-state index < -0.39 is 0 Å². The van der Waals surface area contributed by atoms with Gasteiger partial charge in [-0.1, -0.05) is 29.8 Å². The van der Waals surface area contributed by atoms with Gasteiger partial charge in [-0.25, -0.2) is 0 Å². The summed E-state index contributed by atoms with van der Waals surface area (Å²) in [5.41, 5.74) is 4.16. The fraction of sp³-hybridized carbons (Fsp3) is 0.300. The van der Waals surface area contributed by atoms with Crippen LogP contribution in [0.25, 0.3) is 0 Å². The number of benzene rings is 2. The third-order valence-corrected chi connectivity index (χ3v) is 3.89. The predicted molar refractivity (Wildman–Crippen MR) is 116 cm³/mol. The van der Waals surface area contributed by atoms with E-state index in [-0.39, 0.29) is 24.0 Å². The lowest BCUT2D eigenvalue weighted by Crippen LogP contribution is -2.37. The van der Waals surface area contributed by atoms with Crippen LogP contribution >= 0.6 is 24.0 Å². The molecule has 0 spiro atoms. The molecule has 0 aliphatic heterocycles. The van der Waals surface area contributed by atoms with Crippen molar-refractivity contribution in [1.29, 1.82) is 5.26 Å². The molecule has 0 saturated heterocycles. The summed E-state index contributed by atoms with van der Waals surface area (Å²) in [6.07, 6.45) is 0.850. The molecule has 0 saturated carbocycles. The Balaban J connectivity index is 0.00000338. The van der Waals surface area contributed by atoms with Crippen molar-refractivity contribution in [2.45, 2.75) is 19.9 Å². The first-order valence-electron chi connectivity index (χ1n) is 8.23. The van der Waals surface area contributed by atoms with Gasteiger partial charge in [0.15, 0.2) is 5.96 Å². The minimum absolute atomic E-state index is 0. The summed E-state index contributed by atoms with van der Waals surface area (Å²) in [5.74, 6) is 1.66. The quantitative estimate of drug-likeness (QED) is 0.391. The van der Waals surface area contributed by atoms with Crippen molar-refractivity contribution in [3.05, 3.63) is 64.7 Å². The number of hydrogen-bond donors (Lipinski definition) is 2. The van der Waals surface area contributed by atoms with Crippen LogP contribution in [-0.4, -0.2) is 26.7 Å². The lowest BCUT2D eigenvalue weighted by molar-refractivity contribution is 0.409. The van der Waals surface area contributed by atoms with Crippen molar-refractivity contribution in [3.63, 3.8) is 0 Å². The molecule has 26 heavy (non-hydrogen) atoms. The Hall–Kier alpha value is -2.27. The zero-order valence-electron chi connectivity index (χ0n) is 15.4. The first kappa shape index (κ1) is 21.8. The molecule has 0 aliphatic carbocycles. The van der Waals surface area contributed by atoms with E-state index in [1.807, 2.05) is 36.4 Å². The van der Waals surface area contributed by atoms with Gasteiger partial charge in [-0.05, 0) is 42.7 Å². The number of nitrogens with zero attached hydrogens (tertiary/aromatic N) is 2. The molecule has 0 fully saturated rings. The fourth-order valence-electron chi connectivity index (χ4n) is 2.52. The van der Waals surface area contributed by atoms with Gasteiger partial charge >= 0.3 is 0 Å². The van der Waals surface area contributed by atoms with Crippen molar-refractivity contribution < 1.29 is 4.74 Å². The number of ether oxygens (including phenoxy) is 1. The molecule has 5 nitrogen and oxygen atoms in total. The summed E-state index contributed by atoms with van der Waals surface area (Å²) in [7, 11) is 3.45. The maximum absolute atomic E-state index is 8.83. The van der Waals surface area contributed by atoms with Crippen LogP contribution in [-0.2, 0) is 13.0 Å². The molecular formula is C20H25IN4O. The third kappa shape index (κ3) is 6.56. The van der Waals surface area contributed by atoms with Gasteiger partial charge in [0.25, 0.3) is 0 Å². The smallest absolute Gasteiger partial charge is 0.191 e. The Kier molecular flexibility index (Phi) is 9.52. The van der Waals surface area contributed by atoms with E-state index in [0.717, 1.165) is 30.2 Å². The normalized spacial score (nSPS) is 10.5. The molecular weight excluding hydrogens is 439 g/mol. The molecule has 138 valence electrons. The van der Waals surface area contributed by atoms with Crippen LogP contribution in [0, 0.1) is 18.3 Å². The Labute approximate surface area is 172 Å². The lowest BCUT2D eigenvalue weighted by Gasteiger charge is -2.13. The summed E-state index contributed by atoms with van der Waals surface area (Å²) in [4.78, 5) is 4.24. The Morgan fingerprint density at radius 2 is 1.88 bits per heavy atom. The molecule has 6 heteroatoms. The molecule has 2 N–H and O–H groups in total. The molecule has 0 radical (unpaired) electrons. The molecule has 2 aromatic rings. The van der Waals surface area contributed by atoms with E-state index in [1.165, 1.54) is 11.1 Å². The summed E-state index contributed by atoms with van der Waals surface area (Å²) < 4.78 is 5.41. The van der Waals surface area contributed by atoms with E-state index in [2.05, 4.69) is 34.7 Å². The van der Waals surface area contributed by atoms with Crippen LogP contribution < -0.4 is 15.4 Å². The number of methoxy groups -OCH3 is 1. The number of nitriles is 1. The first-order chi connectivity index (χ1) is 12.2. The fourth-order valence-corrected chi connectivity index (χ4v) is 2.52. The summed E-state index contributed by atoms with van der Waals surface area (Å²) in [5, 5.41) is 15.4. The highest BCUT2D eigenvalue weighted by Gasteiger charge is 2.04. The van der Waals surface area contributed by atoms with E-state index in [1.54, 1.807) is 14.2 Å². The van der Waals surface area contributed by atoms with Gasteiger partial charge in [0.05, 0.1) is 18.7 Å². The zero-order valence-corrected chi connectivity index (χ0v) is 17.7. The molecule has 2 rings (SSSR count). The van der Waals surface area contributed by atoms with Crippen LogP contribution in [0.5, 0.6) is 5.75 Å². The van der Waals surface area contributed by atoms with E-state index >= 15 is 0 Å². The highest BCUT2D eigenvalue weighted by atomic mass is 127. The highest BCUT2D eigenvalue weighted by Crippen LogP contribution is 2.19. The molecule has 0 amide bonds. The second-order valence-corrected chi connectivity index (χ2v) is 5.73. The largest absolute Gasteiger partial charge is 0.496 e. The lowest BCUT2D eigenvalue weighted by atomic mass is 10.1. The number of rotatable bonds is 6.